The van der Waals surface area contributed by atoms with Gasteiger partial charge in [0.1, 0.15) is 0 Å². The Morgan fingerprint density at radius 3 is 2.48 bits per heavy atom. The number of allylic oxidation sites excluding steroid dienone is 3. The predicted octanol–water partition coefficient (Wildman–Crippen LogP) is 4.80. The fourth-order valence-corrected chi connectivity index (χ4v) is 5.39. The molecular weight excluding hydrogens is 380 g/mol. The number of sulfonamides is 1. The molecule has 2 aliphatic rings. The number of nitrogens with zero attached hydrogens (tertiary/aromatic N) is 2. The third-order valence-electron chi connectivity index (χ3n) is 5.75. The lowest BCUT2D eigenvalue weighted by molar-refractivity contribution is 0.526. The smallest absolute Gasteiger partial charge is 0.264 e. The number of hydrogen-bond donors (Lipinski definition) is 0. The maximum absolute atomic E-state index is 13.3. The van der Waals surface area contributed by atoms with Crippen LogP contribution in [0.25, 0.3) is 0 Å². The molecule has 4 rings (SSSR count). The van der Waals surface area contributed by atoms with Crippen molar-refractivity contribution < 1.29 is 8.42 Å². The molecule has 0 aromatic heterocycles. The summed E-state index contributed by atoms with van der Waals surface area (Å²) in [5, 5.41) is 0. The molecule has 0 fully saturated rings. The fourth-order valence-electron chi connectivity index (χ4n) is 4.12. The monoisotopic (exact) mass is 406 g/mol. The predicted molar refractivity (Wildman–Crippen MR) is 118 cm³/mol. The van der Waals surface area contributed by atoms with Crippen LogP contribution in [0.2, 0.25) is 0 Å². The second kappa shape index (κ2) is 7.56. The lowest BCUT2D eigenvalue weighted by atomic mass is 10.2. The standard InChI is InChI=1S/C24H26N2O2S/c1-4-19-11-12-21(17-26-16-15-20-7-5-6-8-23(20)26)24(19)25(3)29(27,28)22-13-9-18(2)10-14-22/h4-10,13-14,17H,1,11-12,15-16H2,2-3H3/b21-17+. The molecule has 1 aliphatic heterocycles. The first-order chi connectivity index (χ1) is 13.9. The lowest BCUT2D eigenvalue weighted by Crippen LogP contribution is -2.27. The molecule has 0 spiro atoms. The number of benzene rings is 2. The van der Waals surface area contributed by atoms with Crippen LogP contribution < -0.4 is 4.90 Å². The van der Waals surface area contributed by atoms with Crippen LogP contribution in [0.3, 0.4) is 0 Å². The lowest BCUT2D eigenvalue weighted by Gasteiger charge is -2.24. The first-order valence-electron chi connectivity index (χ1n) is 9.88. The maximum Gasteiger partial charge on any atom is 0.264 e. The quantitative estimate of drug-likeness (QED) is 0.716. The molecule has 0 saturated heterocycles. The molecule has 2 aromatic carbocycles. The van der Waals surface area contributed by atoms with Gasteiger partial charge in [0.25, 0.3) is 10.0 Å². The molecule has 0 amide bonds. The average Bonchev–Trinajstić information content (AvgIpc) is 3.32. The highest BCUT2D eigenvalue weighted by atomic mass is 32.2. The number of hydrogen-bond acceptors (Lipinski definition) is 3. The maximum atomic E-state index is 13.3. The summed E-state index contributed by atoms with van der Waals surface area (Å²) in [4.78, 5) is 2.54. The Morgan fingerprint density at radius 1 is 1.03 bits per heavy atom. The van der Waals surface area contributed by atoms with E-state index in [1.165, 1.54) is 15.6 Å². The van der Waals surface area contributed by atoms with E-state index in [1.54, 1.807) is 25.3 Å². The van der Waals surface area contributed by atoms with Crippen molar-refractivity contribution in [1.82, 2.24) is 4.31 Å². The molecule has 150 valence electrons. The molecule has 0 saturated carbocycles. The third-order valence-corrected chi connectivity index (χ3v) is 7.52. The molecule has 4 nitrogen and oxygen atoms in total. The first-order valence-corrected chi connectivity index (χ1v) is 11.3. The molecule has 0 atom stereocenters. The molecule has 2 aromatic rings. The summed E-state index contributed by atoms with van der Waals surface area (Å²) in [5.41, 5.74) is 6.33. The zero-order chi connectivity index (χ0) is 20.6. The molecule has 29 heavy (non-hydrogen) atoms. The fraction of sp³-hybridized carbons (Fsp3) is 0.250. The van der Waals surface area contributed by atoms with Crippen LogP contribution in [-0.4, -0.2) is 26.3 Å². The van der Waals surface area contributed by atoms with Crippen LogP contribution in [0, 0.1) is 6.92 Å². The molecular formula is C24H26N2O2S. The van der Waals surface area contributed by atoms with Gasteiger partial charge in [0.2, 0.25) is 0 Å². The van der Waals surface area contributed by atoms with E-state index < -0.39 is 10.0 Å². The highest BCUT2D eigenvalue weighted by Crippen LogP contribution is 2.38. The van der Waals surface area contributed by atoms with Crippen LogP contribution in [-0.2, 0) is 16.4 Å². The van der Waals surface area contributed by atoms with Crippen molar-refractivity contribution in [2.45, 2.75) is 31.1 Å². The summed E-state index contributed by atoms with van der Waals surface area (Å²) in [7, 11) is -2.00. The van der Waals surface area contributed by atoms with Gasteiger partial charge in [0, 0.05) is 25.5 Å². The van der Waals surface area contributed by atoms with Crippen molar-refractivity contribution >= 4 is 15.7 Å². The summed E-state index contributed by atoms with van der Waals surface area (Å²) >= 11 is 0. The molecule has 0 radical (unpaired) electrons. The Kier molecular flexibility index (Phi) is 5.09. The zero-order valence-corrected chi connectivity index (χ0v) is 17.7. The largest absolute Gasteiger partial charge is 0.347 e. The summed E-state index contributed by atoms with van der Waals surface area (Å²) in [6.45, 7) is 6.78. The number of fused-ring (bicyclic) bond motifs is 1. The minimum absolute atomic E-state index is 0.305. The van der Waals surface area contributed by atoms with E-state index in [0.717, 1.165) is 48.2 Å². The number of rotatable bonds is 5. The molecule has 1 aliphatic carbocycles. The van der Waals surface area contributed by atoms with Gasteiger partial charge in [-0.3, -0.25) is 4.31 Å². The van der Waals surface area contributed by atoms with Crippen LogP contribution >= 0.6 is 0 Å². The SMILES string of the molecule is C=CC1=C(N(C)S(=O)(=O)c2ccc(C)cc2)/C(=C/N2CCc3ccccc32)CC1. The summed E-state index contributed by atoms with van der Waals surface area (Å²) in [6.07, 6.45) is 6.52. The van der Waals surface area contributed by atoms with Gasteiger partial charge in [-0.25, -0.2) is 8.42 Å². The average molecular weight is 407 g/mol. The topological polar surface area (TPSA) is 40.6 Å². The van der Waals surface area contributed by atoms with Crippen LogP contribution in [0.15, 0.2) is 89.1 Å². The highest BCUT2D eigenvalue weighted by Gasteiger charge is 2.30. The molecule has 1 heterocycles. The third kappa shape index (κ3) is 3.51. The van der Waals surface area contributed by atoms with E-state index in [4.69, 9.17) is 0 Å². The van der Waals surface area contributed by atoms with Crippen LogP contribution in [0.4, 0.5) is 5.69 Å². The van der Waals surface area contributed by atoms with E-state index in [2.05, 4.69) is 35.9 Å². The van der Waals surface area contributed by atoms with Crippen molar-refractivity contribution in [3.05, 3.63) is 95.4 Å². The van der Waals surface area contributed by atoms with Gasteiger partial charge in [-0.05, 0) is 61.1 Å². The normalized spacial score (nSPS) is 17.7. The molecule has 5 heteroatoms. The highest BCUT2D eigenvalue weighted by molar-refractivity contribution is 7.89. The first kappa shape index (κ1) is 19.5. The number of aryl methyl sites for hydroxylation is 1. The van der Waals surface area contributed by atoms with Gasteiger partial charge in [0.05, 0.1) is 10.6 Å². The Bertz CT molecular complexity index is 1110. The number of para-hydroxylation sites is 1. The van der Waals surface area contributed by atoms with Crippen LogP contribution in [0.5, 0.6) is 0 Å². The number of anilines is 1. The second-order valence-electron chi connectivity index (χ2n) is 7.59. The van der Waals surface area contributed by atoms with Crippen LogP contribution in [0.1, 0.15) is 24.0 Å². The van der Waals surface area contributed by atoms with Gasteiger partial charge >= 0.3 is 0 Å². The van der Waals surface area contributed by atoms with Gasteiger partial charge in [-0.2, -0.15) is 0 Å². The van der Waals surface area contributed by atoms with Crippen molar-refractivity contribution in [1.29, 1.82) is 0 Å². The Morgan fingerprint density at radius 2 is 1.76 bits per heavy atom. The molecule has 0 unspecified atom stereocenters. The van der Waals surface area contributed by atoms with Crippen molar-refractivity contribution in [2.75, 3.05) is 18.5 Å². The van der Waals surface area contributed by atoms with E-state index >= 15 is 0 Å². The van der Waals surface area contributed by atoms with E-state index in [9.17, 15) is 8.42 Å². The molecule has 0 N–H and O–H groups in total. The number of likely N-dealkylation sites (N-methyl/N-ethyl adjacent to an activating group) is 1. The van der Waals surface area contributed by atoms with Crippen molar-refractivity contribution in [2.24, 2.45) is 0 Å². The Balaban J connectivity index is 1.72. The van der Waals surface area contributed by atoms with Crippen molar-refractivity contribution in [3.8, 4) is 0 Å². The van der Waals surface area contributed by atoms with Gasteiger partial charge in [-0.15, -0.1) is 0 Å². The minimum atomic E-state index is -3.64. The summed E-state index contributed by atoms with van der Waals surface area (Å²) < 4.78 is 28.0. The van der Waals surface area contributed by atoms with Gasteiger partial charge in [0.15, 0.2) is 0 Å². The van der Waals surface area contributed by atoms with E-state index in [1.807, 2.05) is 25.1 Å². The zero-order valence-electron chi connectivity index (χ0n) is 16.9. The second-order valence-corrected chi connectivity index (χ2v) is 9.56. The molecule has 0 bridgehead atoms. The van der Waals surface area contributed by atoms with E-state index in [0.29, 0.717) is 4.90 Å². The van der Waals surface area contributed by atoms with E-state index in [-0.39, 0.29) is 0 Å². The van der Waals surface area contributed by atoms with Gasteiger partial charge < -0.3 is 4.90 Å². The Labute approximate surface area is 173 Å². The summed E-state index contributed by atoms with van der Waals surface area (Å²) in [5.74, 6) is 0. The summed E-state index contributed by atoms with van der Waals surface area (Å²) in [6, 6.07) is 15.4. The van der Waals surface area contributed by atoms with Gasteiger partial charge in [-0.1, -0.05) is 48.6 Å². The Hall–Kier alpha value is -2.79. The van der Waals surface area contributed by atoms with Crippen molar-refractivity contribution in [3.63, 3.8) is 0 Å². The minimum Gasteiger partial charge on any atom is -0.347 e.